The SMILES string of the molecule is COc1cccc(C(=O)N2C[C@H](O)C[C@@H]2c2ccc(F)cc2)c1F. The molecule has 2 aromatic rings. The second-order valence-corrected chi connectivity index (χ2v) is 5.74. The van der Waals surface area contributed by atoms with Crippen LogP contribution >= 0.6 is 0 Å². The highest BCUT2D eigenvalue weighted by atomic mass is 19.1. The van der Waals surface area contributed by atoms with Crippen LogP contribution in [0.2, 0.25) is 0 Å². The van der Waals surface area contributed by atoms with E-state index in [1.165, 1.54) is 42.3 Å². The molecule has 1 N–H and O–H groups in total. The van der Waals surface area contributed by atoms with Crippen molar-refractivity contribution in [2.24, 2.45) is 0 Å². The molecule has 24 heavy (non-hydrogen) atoms. The maximum atomic E-state index is 14.4. The fraction of sp³-hybridized carbons (Fsp3) is 0.278. The fourth-order valence-electron chi connectivity index (χ4n) is 3.03. The lowest BCUT2D eigenvalue weighted by Gasteiger charge is -2.25. The molecule has 2 aromatic carbocycles. The third kappa shape index (κ3) is 2.97. The summed E-state index contributed by atoms with van der Waals surface area (Å²) in [6.07, 6.45) is -0.388. The number of β-amino-alcohol motifs (C(OH)–C–C–N with tert-alkyl or cyclic N) is 1. The minimum Gasteiger partial charge on any atom is -0.494 e. The summed E-state index contributed by atoms with van der Waals surface area (Å²) in [5, 5.41) is 9.97. The number of ether oxygens (including phenoxy) is 1. The van der Waals surface area contributed by atoms with Crippen molar-refractivity contribution in [2.45, 2.75) is 18.6 Å². The number of nitrogens with zero attached hydrogens (tertiary/aromatic N) is 1. The third-order valence-electron chi connectivity index (χ3n) is 4.21. The number of benzene rings is 2. The van der Waals surface area contributed by atoms with Gasteiger partial charge in [0.1, 0.15) is 5.82 Å². The van der Waals surface area contributed by atoms with Crippen molar-refractivity contribution < 1.29 is 23.4 Å². The highest BCUT2D eigenvalue weighted by Crippen LogP contribution is 2.34. The molecule has 1 aliphatic heterocycles. The van der Waals surface area contributed by atoms with Gasteiger partial charge in [-0.15, -0.1) is 0 Å². The summed E-state index contributed by atoms with van der Waals surface area (Å²) < 4.78 is 32.4. The Morgan fingerprint density at radius 2 is 1.92 bits per heavy atom. The Morgan fingerprint density at radius 1 is 1.21 bits per heavy atom. The lowest BCUT2D eigenvalue weighted by atomic mass is 10.0. The van der Waals surface area contributed by atoms with Crippen molar-refractivity contribution in [3.8, 4) is 5.75 Å². The van der Waals surface area contributed by atoms with E-state index >= 15 is 0 Å². The molecular weight excluding hydrogens is 316 g/mol. The van der Waals surface area contributed by atoms with Crippen LogP contribution in [0.4, 0.5) is 8.78 Å². The second-order valence-electron chi connectivity index (χ2n) is 5.74. The summed E-state index contributed by atoms with van der Waals surface area (Å²) in [5.74, 6) is -1.66. The first-order valence-electron chi connectivity index (χ1n) is 7.58. The van der Waals surface area contributed by atoms with Gasteiger partial charge < -0.3 is 14.7 Å². The highest BCUT2D eigenvalue weighted by Gasteiger charge is 2.36. The topological polar surface area (TPSA) is 49.8 Å². The molecule has 0 saturated carbocycles. The van der Waals surface area contributed by atoms with E-state index in [2.05, 4.69) is 0 Å². The van der Waals surface area contributed by atoms with Crippen LogP contribution in [0.25, 0.3) is 0 Å². The Labute approximate surface area is 138 Å². The monoisotopic (exact) mass is 333 g/mol. The Kier molecular flexibility index (Phi) is 4.49. The molecule has 1 amide bonds. The molecule has 1 aliphatic rings. The van der Waals surface area contributed by atoms with E-state index in [0.717, 1.165) is 0 Å². The van der Waals surface area contributed by atoms with Gasteiger partial charge in [0, 0.05) is 6.54 Å². The number of rotatable bonds is 3. The number of likely N-dealkylation sites (tertiary alicyclic amines) is 1. The minimum atomic E-state index is -0.732. The minimum absolute atomic E-state index is 0.0149. The zero-order chi connectivity index (χ0) is 17.3. The molecule has 3 rings (SSSR count). The molecule has 0 spiro atoms. The number of carbonyl (C=O) groups is 1. The van der Waals surface area contributed by atoms with Gasteiger partial charge in [0.2, 0.25) is 0 Å². The molecule has 6 heteroatoms. The first-order chi connectivity index (χ1) is 11.5. The predicted octanol–water partition coefficient (Wildman–Crippen LogP) is 2.92. The van der Waals surface area contributed by atoms with Gasteiger partial charge in [-0.25, -0.2) is 8.78 Å². The van der Waals surface area contributed by atoms with Crippen LogP contribution in [0.3, 0.4) is 0 Å². The fourth-order valence-corrected chi connectivity index (χ4v) is 3.03. The summed E-state index contributed by atoms with van der Waals surface area (Å²) in [6.45, 7) is 0.0948. The van der Waals surface area contributed by atoms with Crippen molar-refractivity contribution in [3.63, 3.8) is 0 Å². The number of methoxy groups -OCH3 is 1. The molecule has 2 atom stereocenters. The van der Waals surface area contributed by atoms with E-state index < -0.39 is 23.9 Å². The first-order valence-corrected chi connectivity index (χ1v) is 7.58. The molecule has 1 fully saturated rings. The normalized spacial score (nSPS) is 20.2. The quantitative estimate of drug-likeness (QED) is 0.940. The number of halogens is 2. The maximum absolute atomic E-state index is 14.4. The summed E-state index contributed by atoms with van der Waals surface area (Å²) in [7, 11) is 1.33. The predicted molar refractivity (Wildman–Crippen MR) is 83.8 cm³/mol. The second kappa shape index (κ2) is 6.57. The van der Waals surface area contributed by atoms with Crippen LogP contribution in [0.1, 0.15) is 28.4 Å². The Hall–Kier alpha value is -2.47. The summed E-state index contributed by atoms with van der Waals surface area (Å²) in [4.78, 5) is 14.2. The molecule has 1 heterocycles. The van der Waals surface area contributed by atoms with Gasteiger partial charge >= 0.3 is 0 Å². The van der Waals surface area contributed by atoms with Gasteiger partial charge in [0.15, 0.2) is 11.6 Å². The van der Waals surface area contributed by atoms with Gasteiger partial charge in [0.25, 0.3) is 5.91 Å². The van der Waals surface area contributed by atoms with Crippen molar-refractivity contribution >= 4 is 5.91 Å². The van der Waals surface area contributed by atoms with Gasteiger partial charge in [-0.3, -0.25) is 4.79 Å². The number of aliphatic hydroxyl groups is 1. The first kappa shape index (κ1) is 16.4. The number of amides is 1. The van der Waals surface area contributed by atoms with E-state index in [1.807, 2.05) is 0 Å². The van der Waals surface area contributed by atoms with E-state index in [0.29, 0.717) is 12.0 Å². The Morgan fingerprint density at radius 3 is 2.58 bits per heavy atom. The number of aliphatic hydroxyl groups excluding tert-OH is 1. The zero-order valence-electron chi connectivity index (χ0n) is 13.1. The standard InChI is InChI=1S/C18H17F2NO3/c1-24-16-4-2-3-14(17(16)20)18(23)21-10-13(22)9-15(21)11-5-7-12(19)8-6-11/h2-8,13,15,22H,9-10H2,1H3/t13-,15-/m1/s1. The number of carbonyl (C=O) groups excluding carboxylic acids is 1. The number of hydrogen-bond acceptors (Lipinski definition) is 3. The molecule has 1 saturated heterocycles. The Bertz CT molecular complexity index is 748. The molecule has 0 radical (unpaired) electrons. The molecule has 0 aromatic heterocycles. The average Bonchev–Trinajstić information content (AvgIpc) is 2.97. The summed E-state index contributed by atoms with van der Waals surface area (Å²) in [5.41, 5.74) is 0.583. The smallest absolute Gasteiger partial charge is 0.257 e. The maximum Gasteiger partial charge on any atom is 0.257 e. The van der Waals surface area contributed by atoms with E-state index in [4.69, 9.17) is 4.74 Å². The third-order valence-corrected chi connectivity index (χ3v) is 4.21. The molecule has 0 unspecified atom stereocenters. The molecule has 0 bridgehead atoms. The van der Waals surface area contributed by atoms with Crippen LogP contribution < -0.4 is 4.74 Å². The lowest BCUT2D eigenvalue weighted by Crippen LogP contribution is -2.32. The van der Waals surface area contributed by atoms with E-state index in [9.17, 15) is 18.7 Å². The van der Waals surface area contributed by atoms with Gasteiger partial charge in [-0.2, -0.15) is 0 Å². The van der Waals surface area contributed by atoms with Crippen LogP contribution in [0.15, 0.2) is 42.5 Å². The van der Waals surface area contributed by atoms with Gasteiger partial charge in [-0.1, -0.05) is 18.2 Å². The van der Waals surface area contributed by atoms with Crippen molar-refractivity contribution in [2.75, 3.05) is 13.7 Å². The highest BCUT2D eigenvalue weighted by molar-refractivity contribution is 5.95. The molecular formula is C18H17F2NO3. The van der Waals surface area contributed by atoms with Crippen LogP contribution in [-0.4, -0.2) is 35.7 Å². The van der Waals surface area contributed by atoms with Crippen molar-refractivity contribution in [3.05, 3.63) is 65.2 Å². The average molecular weight is 333 g/mol. The van der Waals surface area contributed by atoms with Crippen LogP contribution in [0.5, 0.6) is 5.75 Å². The van der Waals surface area contributed by atoms with Gasteiger partial charge in [0.05, 0.1) is 24.8 Å². The number of hydrogen-bond donors (Lipinski definition) is 1. The molecule has 0 aliphatic carbocycles. The van der Waals surface area contributed by atoms with Crippen molar-refractivity contribution in [1.82, 2.24) is 4.90 Å². The zero-order valence-corrected chi connectivity index (χ0v) is 13.1. The van der Waals surface area contributed by atoms with Crippen LogP contribution in [-0.2, 0) is 0 Å². The van der Waals surface area contributed by atoms with Crippen molar-refractivity contribution in [1.29, 1.82) is 0 Å². The lowest BCUT2D eigenvalue weighted by molar-refractivity contribution is 0.0710. The summed E-state index contributed by atoms with van der Waals surface area (Å²) >= 11 is 0. The Balaban J connectivity index is 1.94. The molecule has 126 valence electrons. The van der Waals surface area contributed by atoms with Crippen LogP contribution in [0, 0.1) is 11.6 Å². The van der Waals surface area contributed by atoms with Gasteiger partial charge in [-0.05, 0) is 36.2 Å². The van der Waals surface area contributed by atoms with E-state index in [1.54, 1.807) is 12.1 Å². The summed E-state index contributed by atoms with van der Waals surface area (Å²) in [6, 6.07) is 9.66. The van der Waals surface area contributed by atoms with E-state index in [-0.39, 0.29) is 23.7 Å². The largest absolute Gasteiger partial charge is 0.494 e. The molecule has 4 nitrogen and oxygen atoms in total.